The third-order valence-corrected chi connectivity index (χ3v) is 6.70. The molecule has 0 radical (unpaired) electrons. The molecular formula is C27H36N2OS. The maximum atomic E-state index is 5.83. The number of thiophene rings is 1. The van der Waals surface area contributed by atoms with Crippen LogP contribution in [0.2, 0.25) is 0 Å². The van der Waals surface area contributed by atoms with Crippen molar-refractivity contribution in [1.29, 1.82) is 0 Å². The first-order chi connectivity index (χ1) is 15.3. The van der Waals surface area contributed by atoms with E-state index >= 15 is 0 Å². The molecule has 0 bridgehead atoms. The molecular weight excluding hydrogens is 400 g/mol. The fourth-order valence-corrected chi connectivity index (χ4v) is 4.62. The van der Waals surface area contributed by atoms with Gasteiger partial charge in [-0.05, 0) is 55.7 Å². The lowest BCUT2D eigenvalue weighted by Crippen LogP contribution is -1.97. The molecule has 0 aliphatic carbocycles. The van der Waals surface area contributed by atoms with Gasteiger partial charge < -0.3 is 4.74 Å². The average molecular weight is 437 g/mol. The standard InChI is InChI=1S/C27H36N2OS/c1-3-5-7-9-10-12-25-17-18-26(31-25)23-20-28-27(29-21-23)22-13-15-24(16-14-22)30-19-11-8-6-4-2/h13-18,20-21H,3-12,19H2,1-2H3. The molecule has 0 atom stereocenters. The second-order valence-corrected chi connectivity index (χ2v) is 9.33. The smallest absolute Gasteiger partial charge is 0.159 e. The lowest BCUT2D eigenvalue weighted by atomic mass is 10.1. The maximum absolute atomic E-state index is 5.83. The summed E-state index contributed by atoms with van der Waals surface area (Å²) >= 11 is 1.87. The van der Waals surface area contributed by atoms with E-state index in [2.05, 4.69) is 35.9 Å². The molecule has 0 N–H and O–H groups in total. The molecule has 0 aliphatic rings. The van der Waals surface area contributed by atoms with Gasteiger partial charge in [-0.1, -0.05) is 58.8 Å². The first kappa shape index (κ1) is 23.5. The highest BCUT2D eigenvalue weighted by atomic mass is 32.1. The highest BCUT2D eigenvalue weighted by Gasteiger charge is 2.07. The molecule has 0 saturated heterocycles. The number of ether oxygens (including phenoxy) is 1. The molecule has 3 rings (SSSR count). The average Bonchev–Trinajstić information content (AvgIpc) is 3.28. The van der Waals surface area contributed by atoms with Crippen molar-refractivity contribution in [2.24, 2.45) is 0 Å². The van der Waals surface area contributed by atoms with E-state index < -0.39 is 0 Å². The normalized spacial score (nSPS) is 11.0. The molecule has 4 heteroatoms. The summed E-state index contributed by atoms with van der Waals surface area (Å²) in [7, 11) is 0. The van der Waals surface area contributed by atoms with Gasteiger partial charge >= 0.3 is 0 Å². The van der Waals surface area contributed by atoms with E-state index in [1.165, 1.54) is 67.5 Å². The van der Waals surface area contributed by atoms with Gasteiger partial charge in [-0.25, -0.2) is 9.97 Å². The van der Waals surface area contributed by atoms with E-state index in [4.69, 9.17) is 4.74 Å². The summed E-state index contributed by atoms with van der Waals surface area (Å²) in [4.78, 5) is 11.9. The number of benzene rings is 1. The van der Waals surface area contributed by atoms with Gasteiger partial charge in [-0.2, -0.15) is 0 Å². The summed E-state index contributed by atoms with van der Waals surface area (Å²) in [6, 6.07) is 12.6. The van der Waals surface area contributed by atoms with Crippen molar-refractivity contribution in [3.8, 4) is 27.6 Å². The van der Waals surface area contributed by atoms with E-state index in [0.717, 1.165) is 35.7 Å². The van der Waals surface area contributed by atoms with E-state index in [1.807, 2.05) is 48.0 Å². The van der Waals surface area contributed by atoms with Crippen LogP contribution in [0, 0.1) is 0 Å². The van der Waals surface area contributed by atoms with Crippen molar-refractivity contribution < 1.29 is 4.74 Å². The van der Waals surface area contributed by atoms with Crippen LogP contribution in [-0.2, 0) is 6.42 Å². The Labute approximate surface area is 191 Å². The zero-order valence-corrected chi connectivity index (χ0v) is 19.9. The van der Waals surface area contributed by atoms with Crippen molar-refractivity contribution in [2.75, 3.05) is 6.61 Å². The second-order valence-electron chi connectivity index (χ2n) is 8.16. The van der Waals surface area contributed by atoms with Crippen molar-refractivity contribution in [2.45, 2.75) is 78.1 Å². The van der Waals surface area contributed by atoms with Crippen LogP contribution >= 0.6 is 11.3 Å². The largest absolute Gasteiger partial charge is 0.494 e. The van der Waals surface area contributed by atoms with Gasteiger partial charge in [-0.3, -0.25) is 0 Å². The molecule has 0 spiro atoms. The van der Waals surface area contributed by atoms with Crippen molar-refractivity contribution in [1.82, 2.24) is 9.97 Å². The molecule has 0 saturated carbocycles. The van der Waals surface area contributed by atoms with Crippen LogP contribution in [-0.4, -0.2) is 16.6 Å². The predicted molar refractivity (Wildman–Crippen MR) is 133 cm³/mol. The molecule has 2 aromatic heterocycles. The minimum Gasteiger partial charge on any atom is -0.494 e. The Hall–Kier alpha value is -2.20. The third kappa shape index (κ3) is 7.77. The van der Waals surface area contributed by atoms with E-state index in [0.29, 0.717) is 0 Å². The lowest BCUT2D eigenvalue weighted by molar-refractivity contribution is 0.305. The summed E-state index contributed by atoms with van der Waals surface area (Å²) in [6.45, 7) is 5.27. The highest BCUT2D eigenvalue weighted by Crippen LogP contribution is 2.29. The van der Waals surface area contributed by atoms with Gasteiger partial charge in [0.25, 0.3) is 0 Å². The van der Waals surface area contributed by atoms with Crippen LogP contribution in [0.5, 0.6) is 5.75 Å². The fourth-order valence-electron chi connectivity index (χ4n) is 3.59. The van der Waals surface area contributed by atoms with Crippen molar-refractivity contribution in [3.63, 3.8) is 0 Å². The predicted octanol–water partition coefficient (Wildman–Crippen LogP) is 8.34. The Bertz CT molecular complexity index is 871. The van der Waals surface area contributed by atoms with Gasteiger partial charge in [0.15, 0.2) is 5.82 Å². The fraction of sp³-hybridized carbons (Fsp3) is 0.481. The molecule has 31 heavy (non-hydrogen) atoms. The zero-order chi connectivity index (χ0) is 21.7. The topological polar surface area (TPSA) is 35.0 Å². The monoisotopic (exact) mass is 436 g/mol. The van der Waals surface area contributed by atoms with Crippen LogP contribution in [0.1, 0.15) is 76.5 Å². The quantitative estimate of drug-likeness (QED) is 0.238. The molecule has 3 nitrogen and oxygen atoms in total. The van der Waals surface area contributed by atoms with Gasteiger partial charge in [0, 0.05) is 33.3 Å². The molecule has 166 valence electrons. The van der Waals surface area contributed by atoms with Crippen LogP contribution in [0.4, 0.5) is 0 Å². The number of hydrogen-bond acceptors (Lipinski definition) is 4. The van der Waals surface area contributed by atoms with Crippen molar-refractivity contribution in [3.05, 3.63) is 53.7 Å². The van der Waals surface area contributed by atoms with Gasteiger partial charge in [0.05, 0.1) is 6.61 Å². The first-order valence-corrected chi connectivity index (χ1v) is 12.8. The minimum absolute atomic E-state index is 0.756. The molecule has 0 unspecified atom stereocenters. The van der Waals surface area contributed by atoms with Gasteiger partial charge in [0.1, 0.15) is 5.75 Å². The van der Waals surface area contributed by atoms with Gasteiger partial charge in [-0.15, -0.1) is 11.3 Å². The third-order valence-electron chi connectivity index (χ3n) is 5.50. The summed E-state index contributed by atoms with van der Waals surface area (Å²) in [6.07, 6.45) is 16.6. The summed E-state index contributed by atoms with van der Waals surface area (Å²) in [5.74, 6) is 1.67. The number of nitrogens with zero attached hydrogens (tertiary/aromatic N) is 2. The number of aryl methyl sites for hydroxylation is 1. The molecule has 0 amide bonds. The summed E-state index contributed by atoms with van der Waals surface area (Å²) in [5, 5.41) is 0. The summed E-state index contributed by atoms with van der Waals surface area (Å²) in [5.41, 5.74) is 2.11. The number of unbranched alkanes of at least 4 members (excludes halogenated alkanes) is 7. The van der Waals surface area contributed by atoms with Crippen LogP contribution in [0.3, 0.4) is 0 Å². The molecule has 2 heterocycles. The molecule has 0 aliphatic heterocycles. The SMILES string of the molecule is CCCCCCCc1ccc(-c2cnc(-c3ccc(OCCCCCC)cc3)nc2)s1. The van der Waals surface area contributed by atoms with E-state index in [9.17, 15) is 0 Å². The molecule has 0 fully saturated rings. The Morgan fingerprint density at radius 3 is 2.10 bits per heavy atom. The Balaban J connectivity index is 1.51. The maximum Gasteiger partial charge on any atom is 0.159 e. The second kappa shape index (κ2) is 13.3. The Kier molecular flexibility index (Phi) is 10.0. The Morgan fingerprint density at radius 2 is 1.39 bits per heavy atom. The lowest BCUT2D eigenvalue weighted by Gasteiger charge is -2.07. The van der Waals surface area contributed by atoms with Crippen LogP contribution in [0.15, 0.2) is 48.8 Å². The van der Waals surface area contributed by atoms with Crippen molar-refractivity contribution >= 4 is 11.3 Å². The van der Waals surface area contributed by atoms with E-state index in [-0.39, 0.29) is 0 Å². The van der Waals surface area contributed by atoms with Crippen LogP contribution in [0.25, 0.3) is 21.8 Å². The van der Waals surface area contributed by atoms with Crippen LogP contribution < -0.4 is 4.74 Å². The Morgan fingerprint density at radius 1 is 0.710 bits per heavy atom. The highest BCUT2D eigenvalue weighted by molar-refractivity contribution is 7.15. The zero-order valence-electron chi connectivity index (χ0n) is 19.1. The number of rotatable bonds is 14. The first-order valence-electron chi connectivity index (χ1n) is 11.9. The van der Waals surface area contributed by atoms with E-state index in [1.54, 1.807) is 0 Å². The number of hydrogen-bond donors (Lipinski definition) is 0. The number of aromatic nitrogens is 2. The minimum atomic E-state index is 0.756. The summed E-state index contributed by atoms with van der Waals surface area (Å²) < 4.78 is 5.83. The van der Waals surface area contributed by atoms with Gasteiger partial charge in [0.2, 0.25) is 0 Å². The molecule has 3 aromatic rings. The molecule has 1 aromatic carbocycles.